The highest BCUT2D eigenvalue weighted by Gasteiger charge is 2.15. The van der Waals surface area contributed by atoms with Crippen LogP contribution in [0.1, 0.15) is 22.8 Å². The van der Waals surface area contributed by atoms with Crippen LogP contribution in [0.25, 0.3) is 0 Å². The van der Waals surface area contributed by atoms with Crippen molar-refractivity contribution >= 4 is 38.9 Å². The van der Waals surface area contributed by atoms with E-state index in [2.05, 4.69) is 20.7 Å². The van der Waals surface area contributed by atoms with Crippen molar-refractivity contribution < 1.29 is 22.4 Å². The molecule has 0 fully saturated rings. The van der Waals surface area contributed by atoms with E-state index in [1.54, 1.807) is 6.07 Å². The number of carbonyl (C=O) groups excluding carboxylic acids is 2. The molecule has 0 radical (unpaired) electrons. The Hall–Kier alpha value is -3.65. The summed E-state index contributed by atoms with van der Waals surface area (Å²) in [5, 5.41) is 17.0. The molecular formula is C19H20FN5O4S. The minimum Gasteiger partial charge on any atom is -0.382 e. The van der Waals surface area contributed by atoms with Crippen LogP contribution < -0.4 is 20.7 Å². The van der Waals surface area contributed by atoms with Gasteiger partial charge in [0, 0.05) is 25.7 Å². The largest absolute Gasteiger partial charge is 0.382 e. The maximum atomic E-state index is 13.6. The summed E-state index contributed by atoms with van der Waals surface area (Å²) in [6.45, 7) is 1.59. The van der Waals surface area contributed by atoms with Crippen molar-refractivity contribution in [3.63, 3.8) is 0 Å². The zero-order valence-corrected chi connectivity index (χ0v) is 17.1. The molecule has 0 aromatic heterocycles. The summed E-state index contributed by atoms with van der Waals surface area (Å²) in [6.07, 6.45) is 0.951. The SMILES string of the molecule is CC(=O)Nc1ccc(NS(C)(=O)=O)c(C(=O)NCCNc2cccc(F)c2C#N)c1. The van der Waals surface area contributed by atoms with Crippen LogP contribution in [0.2, 0.25) is 0 Å². The molecule has 2 aromatic rings. The predicted octanol–water partition coefficient (Wildman–Crippen LogP) is 1.87. The molecule has 0 aliphatic rings. The standard InChI is InChI=1S/C19H20FN5O4S/c1-12(26)24-13-6-7-18(25-30(2,28)29)14(10-13)19(27)23-9-8-22-17-5-3-4-16(20)15(17)11-21/h3-7,10,22,25H,8-9H2,1-2H3,(H,23,27)(H,24,26). The number of hydrogen-bond acceptors (Lipinski definition) is 6. The molecule has 11 heteroatoms. The summed E-state index contributed by atoms with van der Waals surface area (Å²) >= 11 is 0. The fraction of sp³-hybridized carbons (Fsp3) is 0.211. The fourth-order valence-electron chi connectivity index (χ4n) is 2.56. The Morgan fingerprint density at radius 3 is 2.50 bits per heavy atom. The number of benzene rings is 2. The van der Waals surface area contributed by atoms with Crippen molar-refractivity contribution in [2.45, 2.75) is 6.92 Å². The van der Waals surface area contributed by atoms with Crippen LogP contribution in [0, 0.1) is 17.1 Å². The molecule has 2 amide bonds. The summed E-state index contributed by atoms with van der Waals surface area (Å²) in [4.78, 5) is 23.8. The highest BCUT2D eigenvalue weighted by atomic mass is 32.2. The third kappa shape index (κ3) is 6.46. The van der Waals surface area contributed by atoms with E-state index in [9.17, 15) is 22.4 Å². The second kappa shape index (κ2) is 9.71. The quantitative estimate of drug-likeness (QED) is 0.469. The van der Waals surface area contributed by atoms with E-state index >= 15 is 0 Å². The van der Waals surface area contributed by atoms with Crippen LogP contribution in [0.15, 0.2) is 36.4 Å². The van der Waals surface area contributed by atoms with Crippen molar-refractivity contribution in [1.82, 2.24) is 5.32 Å². The lowest BCUT2D eigenvalue weighted by Crippen LogP contribution is -2.30. The average Bonchev–Trinajstić information content (AvgIpc) is 2.64. The number of nitriles is 1. The smallest absolute Gasteiger partial charge is 0.253 e. The first-order valence-electron chi connectivity index (χ1n) is 8.71. The van der Waals surface area contributed by atoms with Gasteiger partial charge in [0.2, 0.25) is 15.9 Å². The Bertz CT molecular complexity index is 1110. The third-order valence-corrected chi connectivity index (χ3v) is 4.32. The normalized spacial score (nSPS) is 10.6. The van der Waals surface area contributed by atoms with Crippen molar-refractivity contribution in [3.05, 3.63) is 53.3 Å². The maximum absolute atomic E-state index is 13.6. The van der Waals surface area contributed by atoms with Crippen molar-refractivity contribution in [2.75, 3.05) is 34.7 Å². The summed E-state index contributed by atoms with van der Waals surface area (Å²) in [6, 6.07) is 10.1. The van der Waals surface area contributed by atoms with Gasteiger partial charge < -0.3 is 16.0 Å². The minimum atomic E-state index is -3.64. The van der Waals surface area contributed by atoms with Gasteiger partial charge in [0.05, 0.1) is 23.2 Å². The summed E-state index contributed by atoms with van der Waals surface area (Å²) < 4.78 is 39.0. The van der Waals surface area contributed by atoms with E-state index in [-0.39, 0.29) is 35.8 Å². The van der Waals surface area contributed by atoms with Gasteiger partial charge in [0.15, 0.2) is 0 Å². The summed E-state index contributed by atoms with van der Waals surface area (Å²) in [7, 11) is -3.64. The number of nitrogens with zero attached hydrogens (tertiary/aromatic N) is 1. The monoisotopic (exact) mass is 433 g/mol. The summed E-state index contributed by atoms with van der Waals surface area (Å²) in [5.41, 5.74) is 0.540. The van der Waals surface area contributed by atoms with Crippen LogP contribution in [-0.4, -0.2) is 39.6 Å². The molecule has 0 spiro atoms. The van der Waals surface area contributed by atoms with Gasteiger partial charge in [-0.05, 0) is 30.3 Å². The lowest BCUT2D eigenvalue weighted by atomic mass is 10.1. The average molecular weight is 433 g/mol. The van der Waals surface area contributed by atoms with E-state index < -0.39 is 21.7 Å². The number of amides is 2. The molecule has 0 bridgehead atoms. The molecule has 2 rings (SSSR count). The van der Waals surface area contributed by atoms with Gasteiger partial charge in [0.25, 0.3) is 5.91 Å². The fourth-order valence-corrected chi connectivity index (χ4v) is 3.13. The number of halogens is 1. The van der Waals surface area contributed by atoms with Gasteiger partial charge in [-0.3, -0.25) is 14.3 Å². The van der Waals surface area contributed by atoms with E-state index in [1.165, 1.54) is 43.3 Å². The summed E-state index contributed by atoms with van der Waals surface area (Å²) in [5.74, 6) is -1.59. The van der Waals surface area contributed by atoms with Crippen LogP contribution in [0.3, 0.4) is 0 Å². The number of carbonyl (C=O) groups is 2. The Morgan fingerprint density at radius 1 is 1.13 bits per heavy atom. The van der Waals surface area contributed by atoms with Crippen LogP contribution in [-0.2, 0) is 14.8 Å². The molecular weight excluding hydrogens is 413 g/mol. The second-order valence-corrected chi connectivity index (χ2v) is 8.02. The van der Waals surface area contributed by atoms with Crippen LogP contribution in [0.5, 0.6) is 0 Å². The van der Waals surface area contributed by atoms with Crippen molar-refractivity contribution in [1.29, 1.82) is 5.26 Å². The van der Waals surface area contributed by atoms with Crippen LogP contribution >= 0.6 is 0 Å². The van der Waals surface area contributed by atoms with Gasteiger partial charge in [-0.2, -0.15) is 5.26 Å². The minimum absolute atomic E-state index is 0.00939. The van der Waals surface area contributed by atoms with E-state index in [1.807, 2.05) is 0 Å². The Balaban J connectivity index is 2.10. The topological polar surface area (TPSA) is 140 Å². The Labute approximate surface area is 173 Å². The lowest BCUT2D eigenvalue weighted by molar-refractivity contribution is -0.114. The molecule has 0 heterocycles. The first-order valence-corrected chi connectivity index (χ1v) is 10.6. The van der Waals surface area contributed by atoms with Crippen molar-refractivity contribution in [3.8, 4) is 6.07 Å². The zero-order chi connectivity index (χ0) is 22.3. The van der Waals surface area contributed by atoms with E-state index in [0.717, 1.165) is 6.26 Å². The highest BCUT2D eigenvalue weighted by molar-refractivity contribution is 7.92. The molecule has 158 valence electrons. The predicted molar refractivity (Wildman–Crippen MR) is 111 cm³/mol. The number of rotatable bonds is 8. The first kappa shape index (κ1) is 22.6. The van der Waals surface area contributed by atoms with Gasteiger partial charge in [-0.15, -0.1) is 0 Å². The molecule has 0 aliphatic heterocycles. The number of anilines is 3. The molecule has 2 aromatic carbocycles. The first-order chi connectivity index (χ1) is 14.1. The second-order valence-electron chi connectivity index (χ2n) is 6.27. The van der Waals surface area contributed by atoms with E-state index in [4.69, 9.17) is 5.26 Å². The highest BCUT2D eigenvalue weighted by Crippen LogP contribution is 2.22. The molecule has 9 nitrogen and oxygen atoms in total. The van der Waals surface area contributed by atoms with Crippen LogP contribution in [0.4, 0.5) is 21.5 Å². The molecule has 0 unspecified atom stereocenters. The Kier molecular flexibility index (Phi) is 7.32. The molecule has 30 heavy (non-hydrogen) atoms. The van der Waals surface area contributed by atoms with Crippen molar-refractivity contribution in [2.24, 2.45) is 0 Å². The molecule has 0 aliphatic carbocycles. The number of hydrogen-bond donors (Lipinski definition) is 4. The zero-order valence-electron chi connectivity index (χ0n) is 16.2. The van der Waals surface area contributed by atoms with Gasteiger partial charge >= 0.3 is 0 Å². The number of sulfonamides is 1. The maximum Gasteiger partial charge on any atom is 0.253 e. The van der Waals surface area contributed by atoms with E-state index in [0.29, 0.717) is 11.4 Å². The van der Waals surface area contributed by atoms with Gasteiger partial charge in [0.1, 0.15) is 17.4 Å². The number of nitrogens with one attached hydrogen (secondary N) is 4. The lowest BCUT2D eigenvalue weighted by Gasteiger charge is -2.14. The Morgan fingerprint density at radius 2 is 1.87 bits per heavy atom. The molecule has 0 saturated carbocycles. The molecule has 0 saturated heterocycles. The van der Waals surface area contributed by atoms with Gasteiger partial charge in [-0.25, -0.2) is 12.8 Å². The molecule has 4 N–H and O–H groups in total. The molecule has 0 atom stereocenters. The van der Waals surface area contributed by atoms with Gasteiger partial charge in [-0.1, -0.05) is 6.07 Å². The third-order valence-electron chi connectivity index (χ3n) is 3.73.